The summed E-state index contributed by atoms with van der Waals surface area (Å²) in [6, 6.07) is 1.73. The van der Waals surface area contributed by atoms with Crippen LogP contribution in [0.25, 0.3) is 0 Å². The maximum absolute atomic E-state index is 6.25. The van der Waals surface area contributed by atoms with E-state index in [0.29, 0.717) is 29.1 Å². The van der Waals surface area contributed by atoms with Crippen molar-refractivity contribution >= 4 is 29.2 Å². The van der Waals surface area contributed by atoms with Gasteiger partial charge in [0, 0.05) is 32.0 Å². The average molecular weight is 380 g/mol. The Balaban J connectivity index is 1.49. The van der Waals surface area contributed by atoms with Crippen molar-refractivity contribution in [2.75, 3.05) is 25.4 Å². The minimum atomic E-state index is -0.349. The minimum absolute atomic E-state index is 0.309. The highest BCUT2D eigenvalue weighted by atomic mass is 35.5. The van der Waals surface area contributed by atoms with Gasteiger partial charge in [-0.1, -0.05) is 23.2 Å². The van der Waals surface area contributed by atoms with E-state index in [1.54, 1.807) is 12.3 Å². The second kappa shape index (κ2) is 6.68. The maximum Gasteiger partial charge on any atom is 0.220 e. The van der Waals surface area contributed by atoms with Gasteiger partial charge in [-0.2, -0.15) is 0 Å². The summed E-state index contributed by atoms with van der Waals surface area (Å²) in [6.07, 6.45) is 6.04. The van der Waals surface area contributed by atoms with Gasteiger partial charge in [0.05, 0.1) is 28.0 Å². The molecule has 6 nitrogen and oxygen atoms in total. The number of nitrogens with zero attached hydrogens (tertiary/aromatic N) is 4. The molecule has 2 aliphatic heterocycles. The first-order chi connectivity index (χ1) is 12.1. The van der Waals surface area contributed by atoms with Crippen LogP contribution in [0.2, 0.25) is 10.0 Å². The molecule has 25 heavy (non-hydrogen) atoms. The normalized spacial score (nSPS) is 19.8. The fourth-order valence-corrected chi connectivity index (χ4v) is 4.09. The van der Waals surface area contributed by atoms with Crippen LogP contribution < -0.4 is 5.73 Å². The van der Waals surface area contributed by atoms with Crippen molar-refractivity contribution in [1.29, 1.82) is 0 Å². The molecule has 0 saturated carbocycles. The molecule has 0 atom stereocenters. The third-order valence-corrected chi connectivity index (χ3v) is 5.52. The Morgan fingerprint density at radius 2 is 2.00 bits per heavy atom. The zero-order valence-electron chi connectivity index (χ0n) is 13.7. The lowest BCUT2D eigenvalue weighted by atomic mass is 9.83. The molecule has 2 N–H and O–H groups in total. The third-order valence-electron chi connectivity index (χ3n) is 4.99. The van der Waals surface area contributed by atoms with E-state index >= 15 is 0 Å². The van der Waals surface area contributed by atoms with Crippen molar-refractivity contribution in [2.24, 2.45) is 0 Å². The van der Waals surface area contributed by atoms with Gasteiger partial charge in [-0.15, -0.1) is 0 Å². The Hall–Kier alpha value is -1.47. The number of aromatic nitrogens is 3. The van der Waals surface area contributed by atoms with E-state index in [2.05, 4.69) is 19.9 Å². The molecule has 2 aromatic rings. The fraction of sp³-hybridized carbons (Fsp3) is 0.471. The van der Waals surface area contributed by atoms with Gasteiger partial charge in [-0.3, -0.25) is 9.88 Å². The highest BCUT2D eigenvalue weighted by Gasteiger charge is 2.42. The molecule has 0 radical (unpaired) electrons. The molecule has 0 bridgehead atoms. The number of halogens is 2. The Kier molecular flexibility index (Phi) is 4.54. The zero-order valence-corrected chi connectivity index (χ0v) is 15.2. The molecule has 4 heterocycles. The van der Waals surface area contributed by atoms with Crippen LogP contribution in [0.3, 0.4) is 0 Å². The second-order valence-corrected chi connectivity index (χ2v) is 7.40. The van der Waals surface area contributed by atoms with Crippen molar-refractivity contribution < 1.29 is 4.74 Å². The topological polar surface area (TPSA) is 77.2 Å². The van der Waals surface area contributed by atoms with Gasteiger partial charge in [-0.25, -0.2) is 9.97 Å². The second-order valence-electron chi connectivity index (χ2n) is 6.55. The lowest BCUT2D eigenvalue weighted by Crippen LogP contribution is -2.47. The molecule has 4 rings (SSSR count). The number of hydrogen-bond acceptors (Lipinski definition) is 6. The minimum Gasteiger partial charge on any atom is -0.368 e. The van der Waals surface area contributed by atoms with Crippen LogP contribution >= 0.6 is 23.2 Å². The smallest absolute Gasteiger partial charge is 0.220 e. The third kappa shape index (κ3) is 3.31. The Morgan fingerprint density at radius 3 is 2.76 bits per heavy atom. The number of likely N-dealkylation sites (tertiary alicyclic amines) is 1. The first-order valence-corrected chi connectivity index (χ1v) is 9.09. The summed E-state index contributed by atoms with van der Waals surface area (Å²) < 4.78 is 6.19. The number of pyridine rings is 1. The summed E-state index contributed by atoms with van der Waals surface area (Å²) in [7, 11) is 0. The van der Waals surface area contributed by atoms with Crippen LogP contribution in [-0.2, 0) is 23.3 Å². The van der Waals surface area contributed by atoms with E-state index in [-0.39, 0.29) is 5.60 Å². The van der Waals surface area contributed by atoms with Crippen LogP contribution in [-0.4, -0.2) is 39.5 Å². The molecular weight excluding hydrogens is 361 g/mol. The van der Waals surface area contributed by atoms with E-state index in [4.69, 9.17) is 33.7 Å². The molecule has 1 spiro atoms. The number of nitrogen functional groups attached to an aromatic ring is 1. The lowest BCUT2D eigenvalue weighted by molar-refractivity contribution is -0.102. The number of nitrogens with two attached hydrogens (primary N) is 1. The van der Waals surface area contributed by atoms with Gasteiger partial charge < -0.3 is 10.5 Å². The number of fused-ring (bicyclic) bond motifs is 2. The molecular formula is C17H19Cl2N5O. The average Bonchev–Trinajstić information content (AvgIpc) is 2.60. The maximum atomic E-state index is 6.25. The van der Waals surface area contributed by atoms with Crippen LogP contribution in [0, 0.1) is 0 Å². The number of rotatable bonds is 2. The quantitative estimate of drug-likeness (QED) is 0.864. The summed E-state index contributed by atoms with van der Waals surface area (Å²) in [5, 5.41) is 1.16. The highest BCUT2D eigenvalue weighted by molar-refractivity contribution is 6.34. The summed E-state index contributed by atoms with van der Waals surface area (Å²) in [6.45, 7) is 3.16. The zero-order chi connectivity index (χ0) is 17.4. The van der Waals surface area contributed by atoms with Crippen molar-refractivity contribution in [3.63, 3.8) is 0 Å². The SMILES string of the molecule is Nc1ncc2c(n1)C1(CCN(Cc3ncc(Cl)cc3Cl)CC1)OCC2. The number of piperidine rings is 1. The number of ether oxygens (including phenoxy) is 1. The van der Waals surface area contributed by atoms with Gasteiger partial charge in [0.1, 0.15) is 5.60 Å². The molecule has 1 fully saturated rings. The number of anilines is 1. The van der Waals surface area contributed by atoms with E-state index in [9.17, 15) is 0 Å². The molecule has 0 aliphatic carbocycles. The van der Waals surface area contributed by atoms with Crippen molar-refractivity contribution in [2.45, 2.75) is 31.4 Å². The molecule has 2 aliphatic rings. The fourth-order valence-electron chi connectivity index (χ4n) is 3.65. The van der Waals surface area contributed by atoms with Gasteiger partial charge in [-0.05, 0) is 30.9 Å². The molecule has 132 valence electrons. The summed E-state index contributed by atoms with van der Waals surface area (Å²) in [4.78, 5) is 15.3. The molecule has 8 heteroatoms. The lowest BCUT2D eigenvalue weighted by Gasteiger charge is -2.44. The summed E-state index contributed by atoms with van der Waals surface area (Å²) in [5.74, 6) is 0.309. The van der Waals surface area contributed by atoms with Crippen LogP contribution in [0.4, 0.5) is 5.95 Å². The monoisotopic (exact) mass is 379 g/mol. The van der Waals surface area contributed by atoms with E-state index in [0.717, 1.165) is 49.3 Å². The largest absolute Gasteiger partial charge is 0.368 e. The number of hydrogen-bond donors (Lipinski definition) is 1. The van der Waals surface area contributed by atoms with Crippen molar-refractivity contribution in [1.82, 2.24) is 19.9 Å². The summed E-state index contributed by atoms with van der Waals surface area (Å²) in [5.41, 5.74) is 8.42. The van der Waals surface area contributed by atoms with Crippen molar-refractivity contribution in [3.05, 3.63) is 45.5 Å². The Morgan fingerprint density at radius 1 is 1.20 bits per heavy atom. The van der Waals surface area contributed by atoms with Gasteiger partial charge in [0.15, 0.2) is 0 Å². The van der Waals surface area contributed by atoms with Gasteiger partial charge >= 0.3 is 0 Å². The first-order valence-electron chi connectivity index (χ1n) is 8.34. The van der Waals surface area contributed by atoms with E-state index < -0.39 is 0 Å². The molecule has 0 aromatic carbocycles. The van der Waals surface area contributed by atoms with Crippen LogP contribution in [0.5, 0.6) is 0 Å². The molecule has 0 unspecified atom stereocenters. The standard InChI is InChI=1S/C17H19Cl2N5O/c18-12-7-13(19)14(21-9-12)10-24-4-2-17(3-5-24)15-11(1-6-25-17)8-22-16(20)23-15/h7-9H,1-6,10H2,(H2,20,22,23). The Bertz CT molecular complexity index is 793. The van der Waals surface area contributed by atoms with Gasteiger partial charge in [0.2, 0.25) is 5.95 Å². The molecule has 1 saturated heterocycles. The first kappa shape index (κ1) is 17.0. The predicted molar refractivity (Wildman–Crippen MR) is 96.5 cm³/mol. The van der Waals surface area contributed by atoms with Crippen LogP contribution in [0.1, 0.15) is 29.8 Å². The predicted octanol–water partition coefficient (Wildman–Crippen LogP) is 2.82. The molecule has 2 aromatic heterocycles. The van der Waals surface area contributed by atoms with E-state index in [1.807, 2.05) is 6.20 Å². The summed E-state index contributed by atoms with van der Waals surface area (Å²) >= 11 is 12.2. The van der Waals surface area contributed by atoms with Crippen LogP contribution in [0.15, 0.2) is 18.5 Å². The van der Waals surface area contributed by atoms with E-state index in [1.165, 1.54) is 0 Å². The molecule has 0 amide bonds. The van der Waals surface area contributed by atoms with Gasteiger partial charge in [0.25, 0.3) is 0 Å². The van der Waals surface area contributed by atoms with Crippen molar-refractivity contribution in [3.8, 4) is 0 Å². The highest BCUT2D eigenvalue weighted by Crippen LogP contribution is 2.40. The Labute approximate surface area is 156 Å².